The van der Waals surface area contributed by atoms with Crippen LogP contribution in [0.3, 0.4) is 0 Å². The number of carbonyl (C=O) groups is 1. The summed E-state index contributed by atoms with van der Waals surface area (Å²) in [6.45, 7) is 2.66. The standard InChI is InChI=1S/C19H21FN4O5S/c1-14-2-7-17(24(26)27)12-18(14)30(28,29)23-10-8-22(9-11-23)13-19(25)21-16-5-3-15(20)4-6-16/h2-7,12H,8-11,13H2,1H3,(H,21,25). The first-order valence-electron chi connectivity index (χ1n) is 9.20. The number of nitrogens with zero attached hydrogens (tertiary/aromatic N) is 3. The topological polar surface area (TPSA) is 113 Å². The van der Waals surface area contributed by atoms with Crippen LogP contribution in [0.5, 0.6) is 0 Å². The van der Waals surface area contributed by atoms with Gasteiger partial charge in [-0.25, -0.2) is 12.8 Å². The number of nitrogens with one attached hydrogen (secondary N) is 1. The number of nitro groups is 1. The molecule has 1 aliphatic heterocycles. The summed E-state index contributed by atoms with van der Waals surface area (Å²) in [7, 11) is -3.89. The minimum absolute atomic E-state index is 0.0705. The number of piperazine rings is 1. The van der Waals surface area contributed by atoms with Crippen molar-refractivity contribution in [3.05, 3.63) is 64.0 Å². The maximum Gasteiger partial charge on any atom is 0.270 e. The van der Waals surface area contributed by atoms with Gasteiger partial charge in [0, 0.05) is 44.0 Å². The van der Waals surface area contributed by atoms with Crippen LogP contribution >= 0.6 is 0 Å². The van der Waals surface area contributed by atoms with E-state index in [0.29, 0.717) is 24.3 Å². The summed E-state index contributed by atoms with van der Waals surface area (Å²) < 4.78 is 40.1. The Morgan fingerprint density at radius 3 is 2.37 bits per heavy atom. The Hall–Kier alpha value is -2.89. The summed E-state index contributed by atoms with van der Waals surface area (Å²) in [4.78, 5) is 24.3. The number of carbonyl (C=O) groups excluding carboxylic acids is 1. The number of amides is 1. The van der Waals surface area contributed by atoms with Crippen LogP contribution in [0.25, 0.3) is 0 Å². The van der Waals surface area contributed by atoms with Gasteiger partial charge in [-0.1, -0.05) is 6.07 Å². The van der Waals surface area contributed by atoms with Gasteiger partial charge in [-0.2, -0.15) is 4.31 Å². The van der Waals surface area contributed by atoms with Crippen LogP contribution in [0.4, 0.5) is 15.8 Å². The number of rotatable bonds is 6. The van der Waals surface area contributed by atoms with Crippen molar-refractivity contribution in [2.75, 3.05) is 38.0 Å². The summed E-state index contributed by atoms with van der Waals surface area (Å²) in [5.74, 6) is -0.684. The number of nitro benzene ring substituents is 1. The van der Waals surface area contributed by atoms with Gasteiger partial charge in [-0.05, 0) is 36.8 Å². The van der Waals surface area contributed by atoms with Crippen LogP contribution in [0.2, 0.25) is 0 Å². The Bertz CT molecular complexity index is 1050. The van der Waals surface area contributed by atoms with E-state index in [0.717, 1.165) is 6.07 Å². The average molecular weight is 436 g/mol. The maximum atomic E-state index is 13.0. The van der Waals surface area contributed by atoms with Crippen LogP contribution in [0.15, 0.2) is 47.4 Å². The lowest BCUT2D eigenvalue weighted by atomic mass is 10.2. The van der Waals surface area contributed by atoms with Crippen molar-refractivity contribution < 1.29 is 22.5 Å². The molecule has 1 fully saturated rings. The first kappa shape index (κ1) is 21.8. The molecule has 1 aliphatic rings. The van der Waals surface area contributed by atoms with Gasteiger partial charge in [-0.3, -0.25) is 19.8 Å². The first-order chi connectivity index (χ1) is 14.2. The summed E-state index contributed by atoms with van der Waals surface area (Å²) in [5.41, 5.74) is 0.626. The van der Waals surface area contributed by atoms with Crippen molar-refractivity contribution in [3.63, 3.8) is 0 Å². The Morgan fingerprint density at radius 2 is 1.77 bits per heavy atom. The Balaban J connectivity index is 1.61. The molecule has 30 heavy (non-hydrogen) atoms. The molecule has 1 amide bonds. The molecule has 1 N–H and O–H groups in total. The lowest BCUT2D eigenvalue weighted by molar-refractivity contribution is -0.385. The minimum atomic E-state index is -3.89. The number of sulfonamides is 1. The van der Waals surface area contributed by atoms with Gasteiger partial charge in [0.25, 0.3) is 5.69 Å². The molecule has 9 nitrogen and oxygen atoms in total. The SMILES string of the molecule is Cc1ccc([N+](=O)[O-])cc1S(=O)(=O)N1CCN(CC(=O)Nc2ccc(F)cc2)CC1. The molecule has 0 spiro atoms. The predicted octanol–water partition coefficient (Wildman–Crippen LogP) is 1.99. The molecule has 1 heterocycles. The van der Waals surface area contributed by atoms with E-state index in [9.17, 15) is 27.7 Å². The molecule has 0 radical (unpaired) electrons. The fourth-order valence-electron chi connectivity index (χ4n) is 3.18. The van der Waals surface area contributed by atoms with Crippen LogP contribution < -0.4 is 5.32 Å². The molecule has 0 atom stereocenters. The molecule has 2 aromatic rings. The van der Waals surface area contributed by atoms with E-state index in [1.54, 1.807) is 6.92 Å². The van der Waals surface area contributed by atoms with Gasteiger partial charge in [0.1, 0.15) is 5.82 Å². The summed E-state index contributed by atoms with van der Waals surface area (Å²) >= 11 is 0. The highest BCUT2D eigenvalue weighted by Gasteiger charge is 2.31. The van der Waals surface area contributed by atoms with Gasteiger partial charge in [0.2, 0.25) is 15.9 Å². The zero-order chi connectivity index (χ0) is 21.9. The Morgan fingerprint density at radius 1 is 1.13 bits per heavy atom. The van der Waals surface area contributed by atoms with Gasteiger partial charge in [0.05, 0.1) is 16.4 Å². The molecule has 2 aromatic carbocycles. The molecule has 160 valence electrons. The van der Waals surface area contributed by atoms with Crippen LogP contribution in [-0.2, 0) is 14.8 Å². The van der Waals surface area contributed by atoms with E-state index in [1.165, 1.54) is 40.7 Å². The highest BCUT2D eigenvalue weighted by atomic mass is 32.2. The minimum Gasteiger partial charge on any atom is -0.325 e. The quantitative estimate of drug-likeness (QED) is 0.547. The average Bonchev–Trinajstić information content (AvgIpc) is 2.70. The summed E-state index contributed by atoms with van der Waals surface area (Å²) in [6.07, 6.45) is 0. The molecular weight excluding hydrogens is 415 g/mol. The lowest BCUT2D eigenvalue weighted by Crippen LogP contribution is -2.50. The zero-order valence-electron chi connectivity index (χ0n) is 16.2. The van der Waals surface area contributed by atoms with Crippen LogP contribution in [0, 0.1) is 22.9 Å². The number of non-ortho nitro benzene ring substituents is 1. The van der Waals surface area contributed by atoms with Gasteiger partial charge in [0.15, 0.2) is 0 Å². The second-order valence-corrected chi connectivity index (χ2v) is 8.85. The number of hydrogen-bond acceptors (Lipinski definition) is 6. The number of hydrogen-bond donors (Lipinski definition) is 1. The van der Waals surface area contributed by atoms with Crippen molar-refractivity contribution in [2.45, 2.75) is 11.8 Å². The van der Waals surface area contributed by atoms with E-state index >= 15 is 0 Å². The Kier molecular flexibility index (Phi) is 6.44. The maximum absolute atomic E-state index is 13.0. The molecule has 11 heteroatoms. The van der Waals surface area contributed by atoms with Crippen molar-refractivity contribution >= 4 is 27.3 Å². The van der Waals surface area contributed by atoms with Crippen LogP contribution in [0.1, 0.15) is 5.56 Å². The largest absolute Gasteiger partial charge is 0.325 e. The fourth-order valence-corrected chi connectivity index (χ4v) is 4.85. The smallest absolute Gasteiger partial charge is 0.270 e. The van der Waals surface area contributed by atoms with Gasteiger partial charge < -0.3 is 5.32 Å². The molecule has 0 unspecified atom stereocenters. The van der Waals surface area contributed by atoms with E-state index in [-0.39, 0.29) is 36.1 Å². The van der Waals surface area contributed by atoms with Gasteiger partial charge >= 0.3 is 0 Å². The third kappa shape index (κ3) is 4.99. The molecular formula is C19H21FN4O5S. The normalized spacial score (nSPS) is 15.7. The van der Waals surface area contributed by atoms with E-state index in [2.05, 4.69) is 5.32 Å². The second-order valence-electron chi connectivity index (χ2n) is 6.94. The third-order valence-electron chi connectivity index (χ3n) is 4.83. The van der Waals surface area contributed by atoms with Crippen molar-refractivity contribution in [3.8, 4) is 0 Å². The predicted molar refractivity (Wildman–Crippen MR) is 108 cm³/mol. The number of halogens is 1. The van der Waals surface area contributed by atoms with E-state index < -0.39 is 20.8 Å². The van der Waals surface area contributed by atoms with E-state index in [1.807, 2.05) is 4.90 Å². The molecule has 0 bridgehead atoms. The molecule has 3 rings (SSSR count). The van der Waals surface area contributed by atoms with Gasteiger partial charge in [-0.15, -0.1) is 0 Å². The number of anilines is 1. The fraction of sp³-hybridized carbons (Fsp3) is 0.316. The highest BCUT2D eigenvalue weighted by molar-refractivity contribution is 7.89. The first-order valence-corrected chi connectivity index (χ1v) is 10.6. The molecule has 0 saturated carbocycles. The van der Waals surface area contributed by atoms with Crippen molar-refractivity contribution in [2.24, 2.45) is 0 Å². The Labute approximate surface area is 173 Å². The molecule has 1 saturated heterocycles. The van der Waals surface area contributed by atoms with Crippen molar-refractivity contribution in [1.82, 2.24) is 9.21 Å². The third-order valence-corrected chi connectivity index (χ3v) is 6.87. The van der Waals surface area contributed by atoms with E-state index in [4.69, 9.17) is 0 Å². The number of aryl methyl sites for hydroxylation is 1. The highest BCUT2D eigenvalue weighted by Crippen LogP contribution is 2.25. The summed E-state index contributed by atoms with van der Waals surface area (Å²) in [5, 5.41) is 13.7. The van der Waals surface area contributed by atoms with Crippen molar-refractivity contribution in [1.29, 1.82) is 0 Å². The molecule has 0 aromatic heterocycles. The second kappa shape index (κ2) is 8.86. The monoisotopic (exact) mass is 436 g/mol. The number of benzene rings is 2. The van der Waals surface area contributed by atoms with Crippen LogP contribution in [-0.4, -0.2) is 61.2 Å². The molecule has 0 aliphatic carbocycles. The summed E-state index contributed by atoms with van der Waals surface area (Å²) in [6, 6.07) is 9.17. The lowest BCUT2D eigenvalue weighted by Gasteiger charge is -2.33. The zero-order valence-corrected chi connectivity index (χ0v) is 17.1.